The standard InChI is InChI=1S/C15H19N3O3S/c1-10(2)8-18(14(20)12-5-4-6-21-12)9-13(19)17-15-16-7-11(3)22-15/h4-7,10H,8-9H2,1-3H3,(H,16,17,19). The van der Waals surface area contributed by atoms with Crippen LogP contribution in [0.4, 0.5) is 5.13 Å². The summed E-state index contributed by atoms with van der Waals surface area (Å²) in [5.74, 6) is -0.0774. The number of aryl methyl sites for hydroxylation is 1. The van der Waals surface area contributed by atoms with Gasteiger partial charge in [-0.15, -0.1) is 11.3 Å². The lowest BCUT2D eigenvalue weighted by Gasteiger charge is -2.22. The minimum atomic E-state index is -0.288. The Labute approximate surface area is 133 Å². The molecule has 0 radical (unpaired) electrons. The van der Waals surface area contributed by atoms with E-state index < -0.39 is 0 Å². The van der Waals surface area contributed by atoms with Crippen LogP contribution in [-0.2, 0) is 4.79 Å². The average molecular weight is 321 g/mol. The second-order valence-corrected chi connectivity index (χ2v) is 6.62. The van der Waals surface area contributed by atoms with Crippen molar-refractivity contribution < 1.29 is 14.0 Å². The van der Waals surface area contributed by atoms with Crippen molar-refractivity contribution in [2.75, 3.05) is 18.4 Å². The summed E-state index contributed by atoms with van der Waals surface area (Å²) in [5.41, 5.74) is 0. The highest BCUT2D eigenvalue weighted by Gasteiger charge is 2.22. The van der Waals surface area contributed by atoms with Gasteiger partial charge in [-0.3, -0.25) is 9.59 Å². The van der Waals surface area contributed by atoms with Gasteiger partial charge in [0.1, 0.15) is 6.54 Å². The highest BCUT2D eigenvalue weighted by Crippen LogP contribution is 2.16. The van der Waals surface area contributed by atoms with E-state index in [0.29, 0.717) is 11.7 Å². The molecule has 0 spiro atoms. The lowest BCUT2D eigenvalue weighted by molar-refractivity contribution is -0.117. The molecule has 7 heteroatoms. The van der Waals surface area contributed by atoms with E-state index >= 15 is 0 Å². The van der Waals surface area contributed by atoms with E-state index in [2.05, 4.69) is 10.3 Å². The molecule has 2 aromatic heterocycles. The summed E-state index contributed by atoms with van der Waals surface area (Å²) in [7, 11) is 0. The fourth-order valence-electron chi connectivity index (χ4n) is 1.96. The lowest BCUT2D eigenvalue weighted by Crippen LogP contribution is -2.40. The van der Waals surface area contributed by atoms with Crippen molar-refractivity contribution in [2.45, 2.75) is 20.8 Å². The largest absolute Gasteiger partial charge is 0.459 e. The highest BCUT2D eigenvalue weighted by atomic mass is 32.1. The molecule has 6 nitrogen and oxygen atoms in total. The van der Waals surface area contributed by atoms with Crippen molar-refractivity contribution in [3.05, 3.63) is 35.2 Å². The summed E-state index contributed by atoms with van der Waals surface area (Å²) in [6.07, 6.45) is 3.14. The van der Waals surface area contributed by atoms with Gasteiger partial charge in [0.15, 0.2) is 10.9 Å². The van der Waals surface area contributed by atoms with Gasteiger partial charge in [0, 0.05) is 17.6 Å². The number of hydrogen-bond acceptors (Lipinski definition) is 5. The summed E-state index contributed by atoms with van der Waals surface area (Å²) in [6.45, 7) is 6.34. The number of rotatable bonds is 6. The summed E-state index contributed by atoms with van der Waals surface area (Å²) >= 11 is 1.40. The molecule has 1 N–H and O–H groups in total. The molecular formula is C15H19N3O3S. The van der Waals surface area contributed by atoms with E-state index in [1.807, 2.05) is 20.8 Å². The Morgan fingerprint density at radius 3 is 2.77 bits per heavy atom. The third-order valence-electron chi connectivity index (χ3n) is 2.81. The van der Waals surface area contributed by atoms with Crippen molar-refractivity contribution in [2.24, 2.45) is 5.92 Å². The summed E-state index contributed by atoms with van der Waals surface area (Å²) < 4.78 is 5.13. The first-order chi connectivity index (χ1) is 10.5. The molecule has 2 rings (SSSR count). The molecule has 0 aromatic carbocycles. The molecule has 2 aromatic rings. The molecule has 0 saturated carbocycles. The van der Waals surface area contributed by atoms with Gasteiger partial charge in [-0.25, -0.2) is 4.98 Å². The first-order valence-electron chi connectivity index (χ1n) is 7.00. The molecule has 118 valence electrons. The SMILES string of the molecule is Cc1cnc(NC(=O)CN(CC(C)C)C(=O)c2ccco2)s1. The maximum absolute atomic E-state index is 12.4. The Hall–Kier alpha value is -2.15. The highest BCUT2D eigenvalue weighted by molar-refractivity contribution is 7.15. The molecule has 2 amide bonds. The molecular weight excluding hydrogens is 302 g/mol. The predicted molar refractivity (Wildman–Crippen MR) is 84.9 cm³/mol. The Bertz CT molecular complexity index is 634. The number of thiazole rings is 1. The van der Waals surface area contributed by atoms with Gasteiger partial charge in [0.2, 0.25) is 5.91 Å². The van der Waals surface area contributed by atoms with Crippen LogP contribution in [0, 0.1) is 12.8 Å². The van der Waals surface area contributed by atoms with Gasteiger partial charge in [-0.2, -0.15) is 0 Å². The van der Waals surface area contributed by atoms with Gasteiger partial charge in [0.25, 0.3) is 5.91 Å². The van der Waals surface area contributed by atoms with Crippen LogP contribution < -0.4 is 5.32 Å². The van der Waals surface area contributed by atoms with Crippen molar-refractivity contribution in [3.8, 4) is 0 Å². The number of amides is 2. The van der Waals surface area contributed by atoms with Gasteiger partial charge in [-0.1, -0.05) is 13.8 Å². The van der Waals surface area contributed by atoms with Crippen LogP contribution >= 0.6 is 11.3 Å². The van der Waals surface area contributed by atoms with Gasteiger partial charge in [0.05, 0.1) is 6.26 Å². The second-order valence-electron chi connectivity index (χ2n) is 5.38. The zero-order valence-corrected chi connectivity index (χ0v) is 13.6. The minimum absolute atomic E-state index is 0.0314. The molecule has 0 aliphatic rings. The minimum Gasteiger partial charge on any atom is -0.459 e. The average Bonchev–Trinajstić information content (AvgIpc) is 3.08. The topological polar surface area (TPSA) is 75.4 Å². The van der Waals surface area contributed by atoms with Crippen molar-refractivity contribution in [1.82, 2.24) is 9.88 Å². The zero-order chi connectivity index (χ0) is 16.1. The van der Waals surface area contributed by atoms with E-state index in [0.717, 1.165) is 4.88 Å². The van der Waals surface area contributed by atoms with Gasteiger partial charge >= 0.3 is 0 Å². The number of hydrogen-bond donors (Lipinski definition) is 1. The second kappa shape index (κ2) is 7.22. The molecule has 2 heterocycles. The maximum Gasteiger partial charge on any atom is 0.290 e. The normalized spacial score (nSPS) is 10.7. The van der Waals surface area contributed by atoms with Gasteiger partial charge < -0.3 is 14.6 Å². The van der Waals surface area contributed by atoms with Crippen LogP contribution in [0.3, 0.4) is 0 Å². The van der Waals surface area contributed by atoms with E-state index in [1.54, 1.807) is 18.3 Å². The molecule has 0 unspecified atom stereocenters. The first kappa shape index (κ1) is 16.2. The van der Waals surface area contributed by atoms with Crippen LogP contribution in [0.1, 0.15) is 29.3 Å². The van der Waals surface area contributed by atoms with Crippen molar-refractivity contribution in [1.29, 1.82) is 0 Å². The molecule has 0 fully saturated rings. The molecule has 0 bridgehead atoms. The Morgan fingerprint density at radius 1 is 1.45 bits per heavy atom. The van der Waals surface area contributed by atoms with Crippen molar-refractivity contribution in [3.63, 3.8) is 0 Å². The van der Waals surface area contributed by atoms with Crippen LogP contribution in [0.25, 0.3) is 0 Å². The maximum atomic E-state index is 12.4. The lowest BCUT2D eigenvalue weighted by atomic mass is 10.2. The fourth-order valence-corrected chi connectivity index (χ4v) is 2.64. The Balaban J connectivity index is 2.02. The third kappa shape index (κ3) is 4.42. The summed E-state index contributed by atoms with van der Waals surface area (Å²) in [5, 5.41) is 3.25. The fraction of sp³-hybridized carbons (Fsp3) is 0.400. The third-order valence-corrected chi connectivity index (χ3v) is 3.64. The van der Waals surface area contributed by atoms with Crippen LogP contribution in [-0.4, -0.2) is 34.8 Å². The molecule has 22 heavy (non-hydrogen) atoms. The summed E-state index contributed by atoms with van der Waals surface area (Å²) in [6, 6.07) is 3.25. The number of anilines is 1. The molecule has 0 atom stereocenters. The number of furan rings is 1. The monoisotopic (exact) mass is 321 g/mol. The van der Waals surface area contributed by atoms with E-state index in [9.17, 15) is 9.59 Å². The van der Waals surface area contributed by atoms with Crippen molar-refractivity contribution >= 4 is 28.3 Å². The molecule has 0 aliphatic carbocycles. The number of nitrogens with one attached hydrogen (secondary N) is 1. The van der Waals surface area contributed by atoms with Crippen LogP contribution in [0.15, 0.2) is 29.0 Å². The Kier molecular flexibility index (Phi) is 5.32. The zero-order valence-electron chi connectivity index (χ0n) is 12.8. The summed E-state index contributed by atoms with van der Waals surface area (Å²) in [4.78, 5) is 31.1. The number of carbonyl (C=O) groups excluding carboxylic acids is 2. The number of nitrogens with zero attached hydrogens (tertiary/aromatic N) is 2. The number of carbonyl (C=O) groups is 2. The van der Waals surface area contributed by atoms with E-state index in [-0.39, 0.29) is 30.0 Å². The Morgan fingerprint density at radius 2 is 2.23 bits per heavy atom. The van der Waals surface area contributed by atoms with Crippen LogP contribution in [0.5, 0.6) is 0 Å². The van der Waals surface area contributed by atoms with E-state index in [4.69, 9.17) is 4.42 Å². The van der Waals surface area contributed by atoms with Crippen LogP contribution in [0.2, 0.25) is 0 Å². The smallest absolute Gasteiger partial charge is 0.290 e. The molecule has 0 aliphatic heterocycles. The quantitative estimate of drug-likeness (QED) is 0.887. The molecule has 0 saturated heterocycles. The van der Waals surface area contributed by atoms with E-state index in [1.165, 1.54) is 22.5 Å². The van der Waals surface area contributed by atoms with Gasteiger partial charge in [-0.05, 0) is 25.0 Å². The first-order valence-corrected chi connectivity index (χ1v) is 7.82. The number of aromatic nitrogens is 1. The predicted octanol–water partition coefficient (Wildman–Crippen LogP) is 2.78.